The Hall–Kier alpha value is -2.77. The van der Waals surface area contributed by atoms with Crippen LogP contribution in [0.5, 0.6) is 0 Å². The standard InChI is InChI=1S/C16H18FN7/c1-11-9-15(24-16(19-11)20-12(2)21-24)23-7-5-22(6-8-23)14-4-3-13(17)10-18-14/h3-4,9-10H,5-8H2,1-2H3. The molecule has 24 heavy (non-hydrogen) atoms. The Morgan fingerprint density at radius 2 is 1.75 bits per heavy atom. The fourth-order valence-electron chi connectivity index (χ4n) is 3.01. The minimum atomic E-state index is -0.311. The van der Waals surface area contributed by atoms with Gasteiger partial charge in [0.2, 0.25) is 0 Å². The number of hydrogen-bond acceptors (Lipinski definition) is 6. The second-order valence-electron chi connectivity index (χ2n) is 5.94. The van der Waals surface area contributed by atoms with E-state index in [1.165, 1.54) is 12.3 Å². The second kappa shape index (κ2) is 5.70. The molecule has 0 spiro atoms. The first-order valence-corrected chi connectivity index (χ1v) is 7.92. The van der Waals surface area contributed by atoms with Gasteiger partial charge in [-0.25, -0.2) is 14.4 Å². The molecule has 1 saturated heterocycles. The van der Waals surface area contributed by atoms with Crippen LogP contribution in [0.2, 0.25) is 0 Å². The van der Waals surface area contributed by atoms with Crippen LogP contribution < -0.4 is 9.80 Å². The van der Waals surface area contributed by atoms with Gasteiger partial charge in [0.1, 0.15) is 23.3 Å². The minimum absolute atomic E-state index is 0.311. The van der Waals surface area contributed by atoms with Crippen LogP contribution in [0, 0.1) is 19.7 Å². The Kier molecular flexibility index (Phi) is 3.51. The molecule has 1 aliphatic heterocycles. The molecule has 0 bridgehead atoms. The number of piperazine rings is 1. The number of fused-ring (bicyclic) bond motifs is 1. The van der Waals surface area contributed by atoms with Gasteiger partial charge in [0.25, 0.3) is 5.78 Å². The number of halogens is 1. The number of aromatic nitrogens is 5. The SMILES string of the molecule is Cc1cc(N2CCN(c3ccc(F)cn3)CC2)n2nc(C)nc2n1. The van der Waals surface area contributed by atoms with Crippen LogP contribution >= 0.6 is 0 Å². The molecule has 0 N–H and O–H groups in total. The molecule has 0 atom stereocenters. The van der Waals surface area contributed by atoms with E-state index in [0.29, 0.717) is 11.6 Å². The zero-order valence-corrected chi connectivity index (χ0v) is 13.6. The highest BCUT2D eigenvalue weighted by Crippen LogP contribution is 2.20. The average molecular weight is 327 g/mol. The summed E-state index contributed by atoms with van der Waals surface area (Å²) in [5.74, 6) is 2.84. The van der Waals surface area contributed by atoms with E-state index in [0.717, 1.165) is 43.5 Å². The average Bonchev–Trinajstić information content (AvgIpc) is 2.95. The highest BCUT2D eigenvalue weighted by Gasteiger charge is 2.21. The Labute approximate surface area is 138 Å². The number of anilines is 2. The maximum absolute atomic E-state index is 13.0. The Balaban J connectivity index is 1.57. The van der Waals surface area contributed by atoms with E-state index >= 15 is 0 Å². The molecule has 124 valence electrons. The Bertz CT molecular complexity index is 866. The molecule has 4 heterocycles. The van der Waals surface area contributed by atoms with Gasteiger partial charge in [0.15, 0.2) is 0 Å². The predicted molar refractivity (Wildman–Crippen MR) is 88.9 cm³/mol. The monoisotopic (exact) mass is 327 g/mol. The van der Waals surface area contributed by atoms with Crippen molar-refractivity contribution in [1.29, 1.82) is 0 Å². The molecule has 7 nitrogen and oxygen atoms in total. The van der Waals surface area contributed by atoms with Crippen LogP contribution in [-0.4, -0.2) is 50.7 Å². The normalized spacial score (nSPS) is 15.3. The highest BCUT2D eigenvalue weighted by molar-refractivity contribution is 5.50. The smallest absolute Gasteiger partial charge is 0.254 e. The summed E-state index contributed by atoms with van der Waals surface area (Å²) in [5.41, 5.74) is 0.924. The molecule has 3 aromatic rings. The van der Waals surface area contributed by atoms with Gasteiger partial charge in [-0.3, -0.25) is 0 Å². The topological polar surface area (TPSA) is 62.5 Å². The lowest BCUT2D eigenvalue weighted by Crippen LogP contribution is -2.47. The van der Waals surface area contributed by atoms with Gasteiger partial charge in [-0.05, 0) is 26.0 Å². The molecule has 1 fully saturated rings. The molecule has 4 rings (SSSR count). The summed E-state index contributed by atoms with van der Waals surface area (Å²) in [4.78, 5) is 17.4. The van der Waals surface area contributed by atoms with Gasteiger partial charge in [0, 0.05) is 37.9 Å². The third-order valence-electron chi connectivity index (χ3n) is 4.17. The van der Waals surface area contributed by atoms with Gasteiger partial charge >= 0.3 is 0 Å². The summed E-state index contributed by atoms with van der Waals surface area (Å²) in [6.45, 7) is 7.12. The third-order valence-corrected chi connectivity index (χ3v) is 4.17. The first-order valence-electron chi connectivity index (χ1n) is 7.92. The maximum atomic E-state index is 13.0. The predicted octanol–water partition coefficient (Wildman–Crippen LogP) is 1.60. The van der Waals surface area contributed by atoms with Crippen LogP contribution in [0.15, 0.2) is 24.4 Å². The summed E-state index contributed by atoms with van der Waals surface area (Å²) in [6, 6.07) is 5.20. The molecular formula is C16H18FN7. The zero-order chi connectivity index (χ0) is 16.7. The van der Waals surface area contributed by atoms with E-state index in [1.54, 1.807) is 10.6 Å². The summed E-state index contributed by atoms with van der Waals surface area (Å²) in [7, 11) is 0. The van der Waals surface area contributed by atoms with E-state index in [2.05, 4.69) is 29.9 Å². The molecule has 0 amide bonds. The van der Waals surface area contributed by atoms with Crippen LogP contribution in [-0.2, 0) is 0 Å². The first kappa shape index (κ1) is 14.8. The highest BCUT2D eigenvalue weighted by atomic mass is 19.1. The van der Waals surface area contributed by atoms with Crippen molar-refractivity contribution in [2.75, 3.05) is 36.0 Å². The van der Waals surface area contributed by atoms with Crippen LogP contribution in [0.1, 0.15) is 11.5 Å². The van der Waals surface area contributed by atoms with Crippen molar-refractivity contribution in [2.45, 2.75) is 13.8 Å². The van der Waals surface area contributed by atoms with Crippen molar-refractivity contribution >= 4 is 17.4 Å². The van der Waals surface area contributed by atoms with Crippen molar-refractivity contribution in [3.05, 3.63) is 41.7 Å². The molecule has 0 radical (unpaired) electrons. The number of nitrogens with zero attached hydrogens (tertiary/aromatic N) is 7. The third kappa shape index (κ3) is 2.64. The van der Waals surface area contributed by atoms with E-state index in [-0.39, 0.29) is 5.82 Å². The Morgan fingerprint density at radius 1 is 1.00 bits per heavy atom. The minimum Gasteiger partial charge on any atom is -0.353 e. The summed E-state index contributed by atoms with van der Waals surface area (Å²) < 4.78 is 14.8. The fraction of sp³-hybridized carbons (Fsp3) is 0.375. The van der Waals surface area contributed by atoms with Crippen molar-refractivity contribution in [2.24, 2.45) is 0 Å². The van der Waals surface area contributed by atoms with Crippen molar-refractivity contribution in [1.82, 2.24) is 24.6 Å². The van der Waals surface area contributed by atoms with E-state index < -0.39 is 0 Å². The molecule has 0 aromatic carbocycles. The first-order chi connectivity index (χ1) is 11.6. The number of hydrogen-bond donors (Lipinski definition) is 0. The van der Waals surface area contributed by atoms with Crippen LogP contribution in [0.4, 0.5) is 16.0 Å². The van der Waals surface area contributed by atoms with E-state index in [4.69, 9.17) is 0 Å². The van der Waals surface area contributed by atoms with Crippen LogP contribution in [0.3, 0.4) is 0 Å². The summed E-state index contributed by atoms with van der Waals surface area (Å²) in [6.07, 6.45) is 1.26. The molecule has 3 aromatic heterocycles. The summed E-state index contributed by atoms with van der Waals surface area (Å²) >= 11 is 0. The molecule has 1 aliphatic rings. The van der Waals surface area contributed by atoms with Crippen molar-refractivity contribution in [3.63, 3.8) is 0 Å². The zero-order valence-electron chi connectivity index (χ0n) is 13.6. The fourth-order valence-corrected chi connectivity index (χ4v) is 3.01. The lowest BCUT2D eigenvalue weighted by molar-refractivity contribution is 0.612. The van der Waals surface area contributed by atoms with Gasteiger partial charge in [-0.1, -0.05) is 0 Å². The maximum Gasteiger partial charge on any atom is 0.254 e. The lowest BCUT2D eigenvalue weighted by atomic mass is 10.3. The molecule has 0 unspecified atom stereocenters. The van der Waals surface area contributed by atoms with Crippen molar-refractivity contribution in [3.8, 4) is 0 Å². The van der Waals surface area contributed by atoms with Gasteiger partial charge in [-0.2, -0.15) is 9.50 Å². The molecule has 8 heteroatoms. The van der Waals surface area contributed by atoms with E-state index in [1.807, 2.05) is 19.9 Å². The van der Waals surface area contributed by atoms with Gasteiger partial charge in [0.05, 0.1) is 6.20 Å². The number of pyridine rings is 1. The molecular weight excluding hydrogens is 309 g/mol. The second-order valence-corrected chi connectivity index (χ2v) is 5.94. The lowest BCUT2D eigenvalue weighted by Gasteiger charge is -2.36. The van der Waals surface area contributed by atoms with Gasteiger partial charge in [-0.15, -0.1) is 5.10 Å². The number of aryl methyl sites for hydroxylation is 2. The quantitative estimate of drug-likeness (QED) is 0.712. The van der Waals surface area contributed by atoms with Crippen LogP contribution in [0.25, 0.3) is 5.78 Å². The Morgan fingerprint density at radius 3 is 2.46 bits per heavy atom. The largest absolute Gasteiger partial charge is 0.353 e. The number of rotatable bonds is 2. The summed E-state index contributed by atoms with van der Waals surface area (Å²) in [5, 5.41) is 4.45. The van der Waals surface area contributed by atoms with Crippen molar-refractivity contribution < 1.29 is 4.39 Å². The van der Waals surface area contributed by atoms with Gasteiger partial charge < -0.3 is 9.80 Å². The molecule has 0 aliphatic carbocycles. The molecule has 0 saturated carbocycles. The van der Waals surface area contributed by atoms with E-state index in [9.17, 15) is 4.39 Å².